The van der Waals surface area contributed by atoms with Gasteiger partial charge in [0.25, 0.3) is 5.91 Å². The normalized spacial score (nSPS) is 9.92. The Kier molecular flexibility index (Phi) is 3.46. The Hall–Kier alpha value is -1.88. The van der Waals surface area contributed by atoms with Crippen molar-refractivity contribution in [3.8, 4) is 5.88 Å². The van der Waals surface area contributed by atoms with Crippen molar-refractivity contribution in [2.75, 3.05) is 0 Å². The van der Waals surface area contributed by atoms with Crippen molar-refractivity contribution in [3.05, 3.63) is 36.7 Å². The number of hydrogen-bond donors (Lipinski definition) is 2. The summed E-state index contributed by atoms with van der Waals surface area (Å²) < 4.78 is 4.91. The summed E-state index contributed by atoms with van der Waals surface area (Å²) >= 11 is 0. The van der Waals surface area contributed by atoms with Gasteiger partial charge in [0.15, 0.2) is 0 Å². The van der Waals surface area contributed by atoms with E-state index in [1.807, 2.05) is 0 Å². The van der Waals surface area contributed by atoms with Crippen LogP contribution in [0, 0.1) is 0 Å². The third-order valence-corrected chi connectivity index (χ3v) is 1.16. The Labute approximate surface area is 74.6 Å². The molecule has 0 bridgehead atoms. The zero-order chi connectivity index (χ0) is 9.52. The van der Waals surface area contributed by atoms with Gasteiger partial charge in [0, 0.05) is 18.3 Å². The molecule has 2 N–H and O–H groups in total. The summed E-state index contributed by atoms with van der Waals surface area (Å²) in [7, 11) is 0. The first-order valence-electron chi connectivity index (χ1n) is 3.51. The summed E-state index contributed by atoms with van der Waals surface area (Å²) in [5.74, 6) is -0.277. The molecule has 1 aromatic rings. The summed E-state index contributed by atoms with van der Waals surface area (Å²) in [6.45, 7) is 0. The summed E-state index contributed by atoms with van der Waals surface area (Å²) in [6, 6.07) is 5.14. The lowest BCUT2D eigenvalue weighted by atomic mass is 10.5. The molecule has 13 heavy (non-hydrogen) atoms. The molecule has 1 aromatic heterocycles. The summed E-state index contributed by atoms with van der Waals surface area (Å²) in [5, 5.41) is 8.11. The molecular formula is C8H8N2O3. The van der Waals surface area contributed by atoms with Gasteiger partial charge in [0.1, 0.15) is 0 Å². The van der Waals surface area contributed by atoms with E-state index in [0.717, 1.165) is 12.3 Å². The number of rotatable bonds is 3. The van der Waals surface area contributed by atoms with Crippen LogP contribution >= 0.6 is 0 Å². The number of hydrogen-bond acceptors (Lipinski definition) is 4. The van der Waals surface area contributed by atoms with Gasteiger partial charge in [0.05, 0.1) is 6.26 Å². The van der Waals surface area contributed by atoms with Gasteiger partial charge >= 0.3 is 0 Å². The first kappa shape index (κ1) is 9.21. The second-order valence-electron chi connectivity index (χ2n) is 2.06. The molecule has 0 fully saturated rings. The Balaban J connectivity index is 2.44. The van der Waals surface area contributed by atoms with E-state index < -0.39 is 5.91 Å². The van der Waals surface area contributed by atoms with E-state index in [9.17, 15) is 4.79 Å². The first-order valence-corrected chi connectivity index (χ1v) is 3.51. The van der Waals surface area contributed by atoms with Gasteiger partial charge in [-0.3, -0.25) is 10.0 Å². The number of nitrogens with zero attached hydrogens (tertiary/aromatic N) is 1. The number of hydroxylamine groups is 1. The molecule has 1 heterocycles. The largest absolute Gasteiger partial charge is 0.447 e. The van der Waals surface area contributed by atoms with Crippen molar-refractivity contribution >= 4 is 5.91 Å². The van der Waals surface area contributed by atoms with E-state index in [0.29, 0.717) is 5.88 Å². The molecule has 0 aliphatic heterocycles. The number of aromatic nitrogens is 1. The van der Waals surface area contributed by atoms with E-state index >= 15 is 0 Å². The van der Waals surface area contributed by atoms with Gasteiger partial charge in [-0.05, 0) is 6.07 Å². The van der Waals surface area contributed by atoms with E-state index in [2.05, 4.69) is 4.98 Å². The predicted molar refractivity (Wildman–Crippen MR) is 43.9 cm³/mol. The fraction of sp³-hybridized carbons (Fsp3) is 0. The number of pyridine rings is 1. The van der Waals surface area contributed by atoms with Gasteiger partial charge in [-0.25, -0.2) is 10.5 Å². The summed E-state index contributed by atoms with van der Waals surface area (Å²) in [6.07, 6.45) is 3.73. The smallest absolute Gasteiger partial charge is 0.270 e. The molecule has 0 radical (unpaired) electrons. The van der Waals surface area contributed by atoms with Crippen LogP contribution in [0.1, 0.15) is 0 Å². The van der Waals surface area contributed by atoms with Crippen LogP contribution in [0.25, 0.3) is 0 Å². The maximum absolute atomic E-state index is 10.5. The second kappa shape index (κ2) is 4.89. The molecular weight excluding hydrogens is 172 g/mol. The van der Waals surface area contributed by atoms with Crippen molar-refractivity contribution in [3.63, 3.8) is 0 Å². The quantitative estimate of drug-likeness (QED) is 0.307. The lowest BCUT2D eigenvalue weighted by molar-refractivity contribution is -0.124. The SMILES string of the molecule is O=C(C=COc1ccccn1)NO. The number of amides is 1. The summed E-state index contributed by atoms with van der Waals surface area (Å²) in [4.78, 5) is 14.3. The lowest BCUT2D eigenvalue weighted by Gasteiger charge is -1.95. The van der Waals surface area contributed by atoms with Crippen molar-refractivity contribution in [2.45, 2.75) is 0 Å². The number of carbonyl (C=O) groups is 1. The van der Waals surface area contributed by atoms with E-state index in [4.69, 9.17) is 9.94 Å². The molecule has 0 saturated heterocycles. The Morgan fingerprint density at radius 2 is 2.46 bits per heavy atom. The van der Waals surface area contributed by atoms with Gasteiger partial charge in [-0.15, -0.1) is 0 Å². The molecule has 0 saturated carbocycles. The van der Waals surface area contributed by atoms with Crippen molar-refractivity contribution in [1.29, 1.82) is 0 Å². The molecule has 5 heteroatoms. The van der Waals surface area contributed by atoms with Crippen LogP contribution in [0.4, 0.5) is 0 Å². The van der Waals surface area contributed by atoms with Gasteiger partial charge in [-0.2, -0.15) is 0 Å². The fourth-order valence-corrected chi connectivity index (χ4v) is 0.620. The zero-order valence-electron chi connectivity index (χ0n) is 6.68. The van der Waals surface area contributed by atoms with Crippen LogP contribution in [0.5, 0.6) is 5.88 Å². The van der Waals surface area contributed by atoms with Crippen LogP contribution in [0.2, 0.25) is 0 Å². The number of nitrogens with one attached hydrogen (secondary N) is 1. The fourth-order valence-electron chi connectivity index (χ4n) is 0.620. The van der Waals surface area contributed by atoms with Gasteiger partial charge in [0.2, 0.25) is 5.88 Å². The van der Waals surface area contributed by atoms with E-state index in [-0.39, 0.29) is 0 Å². The van der Waals surface area contributed by atoms with Crippen molar-refractivity contribution in [2.24, 2.45) is 0 Å². The minimum absolute atomic E-state index is 0.379. The Morgan fingerprint density at radius 1 is 1.62 bits per heavy atom. The average molecular weight is 180 g/mol. The monoisotopic (exact) mass is 180 g/mol. The van der Waals surface area contributed by atoms with E-state index in [1.165, 1.54) is 5.48 Å². The molecule has 1 rings (SSSR count). The third kappa shape index (κ3) is 3.35. The maximum atomic E-state index is 10.5. The van der Waals surface area contributed by atoms with Crippen LogP contribution in [-0.4, -0.2) is 16.1 Å². The maximum Gasteiger partial charge on any atom is 0.270 e. The Bertz CT molecular complexity index is 298. The standard InChI is InChI=1S/C8H8N2O3/c11-7(10-12)4-6-13-8-3-1-2-5-9-8/h1-6,12H,(H,10,11). The minimum atomic E-state index is -0.657. The second-order valence-corrected chi connectivity index (χ2v) is 2.06. The molecule has 5 nitrogen and oxygen atoms in total. The number of carbonyl (C=O) groups excluding carboxylic acids is 1. The molecule has 0 aromatic carbocycles. The molecule has 0 atom stereocenters. The van der Waals surface area contributed by atoms with E-state index in [1.54, 1.807) is 24.4 Å². The van der Waals surface area contributed by atoms with Crippen LogP contribution in [-0.2, 0) is 4.79 Å². The highest BCUT2D eigenvalue weighted by atomic mass is 16.5. The van der Waals surface area contributed by atoms with Gasteiger partial charge < -0.3 is 4.74 Å². The van der Waals surface area contributed by atoms with Crippen LogP contribution in [0.15, 0.2) is 36.7 Å². The molecule has 0 unspecified atom stereocenters. The molecule has 1 amide bonds. The first-order chi connectivity index (χ1) is 6.33. The molecule has 0 aliphatic carbocycles. The zero-order valence-corrected chi connectivity index (χ0v) is 6.68. The molecule has 0 spiro atoms. The third-order valence-electron chi connectivity index (χ3n) is 1.16. The highest BCUT2D eigenvalue weighted by Gasteiger charge is 1.90. The lowest BCUT2D eigenvalue weighted by Crippen LogP contribution is -2.15. The van der Waals surface area contributed by atoms with Crippen LogP contribution < -0.4 is 10.2 Å². The van der Waals surface area contributed by atoms with Crippen molar-refractivity contribution < 1.29 is 14.7 Å². The Morgan fingerprint density at radius 3 is 3.08 bits per heavy atom. The molecule has 0 aliphatic rings. The van der Waals surface area contributed by atoms with Crippen LogP contribution in [0.3, 0.4) is 0 Å². The average Bonchev–Trinajstić information content (AvgIpc) is 2.19. The van der Waals surface area contributed by atoms with Crippen molar-refractivity contribution in [1.82, 2.24) is 10.5 Å². The highest BCUT2D eigenvalue weighted by Crippen LogP contribution is 2.02. The number of ether oxygens (including phenoxy) is 1. The topological polar surface area (TPSA) is 71.5 Å². The minimum Gasteiger partial charge on any atom is -0.447 e. The van der Waals surface area contributed by atoms with Gasteiger partial charge in [-0.1, -0.05) is 6.07 Å². The molecule has 68 valence electrons. The highest BCUT2D eigenvalue weighted by molar-refractivity contribution is 5.86. The summed E-state index contributed by atoms with van der Waals surface area (Å²) in [5.41, 5.74) is 1.43. The predicted octanol–water partition coefficient (Wildman–Crippen LogP) is 0.479.